The molecule has 0 aromatic heterocycles. The summed E-state index contributed by atoms with van der Waals surface area (Å²) < 4.78 is 10.6. The summed E-state index contributed by atoms with van der Waals surface area (Å²) in [7, 11) is 1.23. The molecule has 28 heavy (non-hydrogen) atoms. The Hall–Kier alpha value is -2.42. The number of rotatable bonds is 7. The normalized spacial score (nSPS) is 10.3. The Morgan fingerprint density at radius 3 is 2.29 bits per heavy atom. The maximum atomic E-state index is 12.0. The largest absolute Gasteiger partial charge is 0.465 e. The first-order valence-electron chi connectivity index (χ1n) is 8.11. The van der Waals surface area contributed by atoms with Crippen LogP contribution >= 0.6 is 27.5 Å². The quantitative estimate of drug-likeness (QED) is 0.602. The van der Waals surface area contributed by atoms with Crippen molar-refractivity contribution in [2.24, 2.45) is 0 Å². The molecule has 0 fully saturated rings. The fourth-order valence-corrected chi connectivity index (χ4v) is 2.78. The number of benzene rings is 2. The molecule has 0 unspecified atom stereocenters. The Morgan fingerprint density at radius 1 is 1.00 bits per heavy atom. The molecule has 2 aromatic rings. The Kier molecular flexibility index (Phi) is 7.98. The Labute approximate surface area is 175 Å². The number of aryl methyl sites for hydroxylation is 1. The lowest BCUT2D eigenvalue weighted by molar-refractivity contribution is -0.125. The van der Waals surface area contributed by atoms with Crippen LogP contribution in [0.2, 0.25) is 5.02 Å². The van der Waals surface area contributed by atoms with E-state index in [2.05, 4.69) is 31.3 Å². The summed E-state index contributed by atoms with van der Waals surface area (Å²) in [5, 5.41) is 5.57. The van der Waals surface area contributed by atoms with Gasteiger partial charge in [-0.2, -0.15) is 0 Å². The van der Waals surface area contributed by atoms with Crippen LogP contribution in [0.25, 0.3) is 0 Å². The van der Waals surface area contributed by atoms with Gasteiger partial charge in [-0.05, 0) is 42.8 Å². The lowest BCUT2D eigenvalue weighted by Crippen LogP contribution is -2.24. The molecule has 148 valence electrons. The van der Waals surface area contributed by atoms with Gasteiger partial charge in [0.2, 0.25) is 11.8 Å². The topological polar surface area (TPSA) is 93.7 Å². The Morgan fingerprint density at radius 2 is 1.64 bits per heavy atom. The van der Waals surface area contributed by atoms with Crippen molar-refractivity contribution in [2.75, 3.05) is 31.0 Å². The third-order valence-electron chi connectivity index (χ3n) is 3.60. The van der Waals surface area contributed by atoms with E-state index in [9.17, 15) is 14.4 Å². The molecule has 2 rings (SSSR count). The van der Waals surface area contributed by atoms with Gasteiger partial charge in [-0.3, -0.25) is 9.59 Å². The first-order valence-corrected chi connectivity index (χ1v) is 9.28. The van der Waals surface area contributed by atoms with Gasteiger partial charge in [-0.15, -0.1) is 0 Å². The number of carbonyl (C=O) groups is 3. The second kappa shape index (κ2) is 10.2. The van der Waals surface area contributed by atoms with Crippen LogP contribution in [0.15, 0.2) is 40.9 Å². The summed E-state index contributed by atoms with van der Waals surface area (Å²) in [6.07, 6.45) is 0. The second-order valence-electron chi connectivity index (χ2n) is 5.73. The summed E-state index contributed by atoms with van der Waals surface area (Å²) >= 11 is 9.21. The average molecular weight is 470 g/mol. The molecule has 2 aromatic carbocycles. The number of hydrogen-bond donors (Lipinski definition) is 2. The fourth-order valence-electron chi connectivity index (χ4n) is 2.24. The number of halogens is 2. The molecule has 0 atom stereocenters. The highest BCUT2D eigenvalue weighted by atomic mass is 79.9. The lowest BCUT2D eigenvalue weighted by Gasteiger charge is -2.11. The van der Waals surface area contributed by atoms with Crippen LogP contribution in [0, 0.1) is 6.92 Å². The minimum Gasteiger partial charge on any atom is -0.465 e. The van der Waals surface area contributed by atoms with Crippen molar-refractivity contribution < 1.29 is 23.9 Å². The minimum absolute atomic E-state index is 0.117. The zero-order valence-corrected chi connectivity index (χ0v) is 17.5. The summed E-state index contributed by atoms with van der Waals surface area (Å²) in [6.45, 7) is 1.19. The molecule has 0 aliphatic carbocycles. The summed E-state index contributed by atoms with van der Waals surface area (Å²) in [6, 6.07) is 9.89. The second-order valence-corrected chi connectivity index (χ2v) is 7.08. The standard InChI is InChI=1S/C19H18BrClN2O5/c1-11-3-4-12(20)7-16(11)23-18(25)10-28-9-17(24)22-15-6-5-13(21)8-14(15)19(26)27-2/h3-8H,9-10H2,1-2H3,(H,22,24)(H,23,25). The number of methoxy groups -OCH3 is 1. The van der Waals surface area contributed by atoms with Gasteiger partial charge in [0.1, 0.15) is 13.2 Å². The van der Waals surface area contributed by atoms with Crippen molar-refractivity contribution >= 4 is 56.7 Å². The Bertz CT molecular complexity index is 904. The highest BCUT2D eigenvalue weighted by Crippen LogP contribution is 2.22. The van der Waals surface area contributed by atoms with Crippen LogP contribution in [0.1, 0.15) is 15.9 Å². The molecule has 0 saturated carbocycles. The monoisotopic (exact) mass is 468 g/mol. The lowest BCUT2D eigenvalue weighted by atomic mass is 10.2. The van der Waals surface area contributed by atoms with Crippen LogP contribution < -0.4 is 10.6 Å². The van der Waals surface area contributed by atoms with Crippen LogP contribution in [0.5, 0.6) is 0 Å². The number of amides is 2. The van der Waals surface area contributed by atoms with Gasteiger partial charge in [0.05, 0.1) is 18.4 Å². The van der Waals surface area contributed by atoms with Crippen LogP contribution in [0.3, 0.4) is 0 Å². The van der Waals surface area contributed by atoms with E-state index >= 15 is 0 Å². The van der Waals surface area contributed by atoms with Crippen molar-refractivity contribution in [1.29, 1.82) is 0 Å². The van der Waals surface area contributed by atoms with Crippen LogP contribution in [-0.2, 0) is 19.1 Å². The molecule has 0 aliphatic rings. The molecule has 0 saturated heterocycles. The third kappa shape index (κ3) is 6.33. The highest BCUT2D eigenvalue weighted by Gasteiger charge is 2.15. The van der Waals surface area contributed by atoms with E-state index in [1.807, 2.05) is 19.1 Å². The van der Waals surface area contributed by atoms with E-state index in [1.54, 1.807) is 6.07 Å². The zero-order chi connectivity index (χ0) is 20.7. The molecule has 0 spiro atoms. The maximum Gasteiger partial charge on any atom is 0.340 e. The number of nitrogens with one attached hydrogen (secondary N) is 2. The molecule has 7 nitrogen and oxygen atoms in total. The van der Waals surface area contributed by atoms with Crippen molar-refractivity contribution in [3.8, 4) is 0 Å². The van der Waals surface area contributed by atoms with Gasteiger partial charge in [0.25, 0.3) is 0 Å². The molecule has 2 N–H and O–H groups in total. The van der Waals surface area contributed by atoms with Crippen LogP contribution in [0.4, 0.5) is 11.4 Å². The van der Waals surface area contributed by atoms with E-state index in [0.717, 1.165) is 10.0 Å². The number of carbonyl (C=O) groups excluding carboxylic acids is 3. The van der Waals surface area contributed by atoms with Gasteiger partial charge in [0.15, 0.2) is 0 Å². The number of hydrogen-bond acceptors (Lipinski definition) is 5. The van der Waals surface area contributed by atoms with Crippen molar-refractivity contribution in [3.05, 3.63) is 57.0 Å². The van der Waals surface area contributed by atoms with Gasteiger partial charge in [0, 0.05) is 15.2 Å². The van der Waals surface area contributed by atoms with E-state index in [0.29, 0.717) is 10.7 Å². The molecule has 9 heteroatoms. The SMILES string of the molecule is COC(=O)c1cc(Cl)ccc1NC(=O)COCC(=O)Nc1cc(Br)ccc1C. The molecule has 0 radical (unpaired) electrons. The van der Waals surface area contributed by atoms with Gasteiger partial charge in [-0.25, -0.2) is 4.79 Å². The predicted octanol–water partition coefficient (Wildman–Crippen LogP) is 3.79. The Balaban J connectivity index is 1.87. The average Bonchev–Trinajstić information content (AvgIpc) is 2.65. The number of esters is 1. The van der Waals surface area contributed by atoms with E-state index < -0.39 is 17.8 Å². The van der Waals surface area contributed by atoms with Crippen LogP contribution in [-0.4, -0.2) is 38.1 Å². The first-order chi connectivity index (χ1) is 13.3. The van der Waals surface area contributed by atoms with Gasteiger partial charge >= 0.3 is 5.97 Å². The fraction of sp³-hybridized carbons (Fsp3) is 0.211. The summed E-state index contributed by atoms with van der Waals surface area (Å²) in [4.78, 5) is 35.8. The first kappa shape index (κ1) is 21.9. The maximum absolute atomic E-state index is 12.0. The number of ether oxygens (including phenoxy) is 2. The predicted molar refractivity (Wildman–Crippen MR) is 110 cm³/mol. The van der Waals surface area contributed by atoms with E-state index in [-0.39, 0.29) is 24.5 Å². The van der Waals surface area contributed by atoms with Crippen molar-refractivity contribution in [2.45, 2.75) is 6.92 Å². The smallest absolute Gasteiger partial charge is 0.340 e. The molecular weight excluding hydrogens is 452 g/mol. The molecule has 0 aliphatic heterocycles. The summed E-state index contributed by atoms with van der Waals surface area (Å²) in [5.41, 5.74) is 1.90. The minimum atomic E-state index is -0.637. The van der Waals surface area contributed by atoms with Gasteiger partial charge < -0.3 is 20.1 Å². The van der Waals surface area contributed by atoms with E-state index in [4.69, 9.17) is 16.3 Å². The third-order valence-corrected chi connectivity index (χ3v) is 4.33. The number of anilines is 2. The molecular formula is C19H18BrClN2O5. The molecule has 2 amide bonds. The zero-order valence-electron chi connectivity index (χ0n) is 15.2. The highest BCUT2D eigenvalue weighted by molar-refractivity contribution is 9.10. The summed E-state index contributed by atoms with van der Waals surface area (Å²) in [5.74, 6) is -1.56. The van der Waals surface area contributed by atoms with E-state index in [1.165, 1.54) is 25.3 Å². The van der Waals surface area contributed by atoms with Crippen molar-refractivity contribution in [3.63, 3.8) is 0 Å². The van der Waals surface area contributed by atoms with Crippen molar-refractivity contribution in [1.82, 2.24) is 0 Å². The molecule has 0 bridgehead atoms. The molecule has 0 heterocycles. The van der Waals surface area contributed by atoms with Gasteiger partial charge in [-0.1, -0.05) is 33.6 Å².